The van der Waals surface area contributed by atoms with Gasteiger partial charge in [0, 0.05) is 0 Å². The van der Waals surface area contributed by atoms with E-state index in [1.54, 1.807) is 0 Å². The number of hydrogen-bond acceptors (Lipinski definition) is 7. The summed E-state index contributed by atoms with van der Waals surface area (Å²) in [5.74, 6) is 4.26. The van der Waals surface area contributed by atoms with E-state index < -0.39 is 16.0 Å². The van der Waals surface area contributed by atoms with Gasteiger partial charge >= 0.3 is 138 Å². The van der Waals surface area contributed by atoms with Gasteiger partial charge in [-0.25, -0.2) is 0 Å². The van der Waals surface area contributed by atoms with E-state index in [-0.39, 0.29) is 0 Å². The van der Waals surface area contributed by atoms with E-state index in [0.29, 0.717) is 0 Å². The fourth-order valence-electron chi connectivity index (χ4n) is 1.28. The van der Waals surface area contributed by atoms with E-state index >= 15 is 0 Å². The third kappa shape index (κ3) is 4.89. The van der Waals surface area contributed by atoms with E-state index in [1.165, 1.54) is 36.5 Å². The molecule has 0 spiro atoms. The van der Waals surface area contributed by atoms with Gasteiger partial charge < -0.3 is 0 Å². The predicted octanol–water partition coefficient (Wildman–Crippen LogP) is 4.94. The molecule has 1 radical (unpaired) electrons. The molecule has 0 aromatic carbocycles. The number of rotatable bonds is 7. The SMILES string of the molecule is C1CC(S[S][SbH]([S]C2CCS2)[S]C2CCS2)S1. The predicted molar refractivity (Wildman–Crippen MR) is 100 cm³/mol. The Morgan fingerprint density at radius 3 is 1.59 bits per heavy atom. The summed E-state index contributed by atoms with van der Waals surface area (Å²) in [6.45, 7) is 0. The molecule has 3 heterocycles. The van der Waals surface area contributed by atoms with Gasteiger partial charge in [0.2, 0.25) is 0 Å². The Hall–Kier alpha value is 3.27. The second-order valence-corrected chi connectivity index (χ2v) is 35.5. The molecule has 3 aliphatic rings. The molecule has 3 fully saturated rings. The van der Waals surface area contributed by atoms with Gasteiger partial charge in [-0.1, -0.05) is 0 Å². The standard InChI is InChI=1S/C3H6S3.2C3H6S2.Sb.H/c4-6-3-1-2-5-3;2*4-3-1-2-5-3;;/h3-4H,1-2H2;2*3-4H,1-2H2;;/q;;;+3;/p-3. The van der Waals surface area contributed by atoms with Crippen molar-refractivity contribution in [1.29, 1.82) is 0 Å². The molecular weight excluding hydrogens is 454 g/mol. The Morgan fingerprint density at radius 2 is 1.24 bits per heavy atom. The second-order valence-electron chi connectivity index (χ2n) is 3.93. The molecule has 3 unspecified atom stereocenters. The fourth-order valence-corrected chi connectivity index (χ4v) is 55.3. The molecule has 0 bridgehead atoms. The Balaban J connectivity index is 1.39. The molecule has 0 aromatic heterocycles. The van der Waals surface area contributed by atoms with Crippen LogP contribution in [0.5, 0.6) is 0 Å². The van der Waals surface area contributed by atoms with Gasteiger partial charge in [0.25, 0.3) is 0 Å². The van der Waals surface area contributed by atoms with Crippen molar-refractivity contribution in [1.82, 2.24) is 0 Å². The molecule has 0 N–H and O–H groups in total. The number of hydrogen-bond donors (Lipinski definition) is 0. The molecule has 17 heavy (non-hydrogen) atoms. The van der Waals surface area contributed by atoms with Crippen LogP contribution in [-0.2, 0) is 0 Å². The van der Waals surface area contributed by atoms with E-state index in [0.717, 1.165) is 13.7 Å². The molecule has 8 heteroatoms. The van der Waals surface area contributed by atoms with Gasteiger partial charge in [0.1, 0.15) is 0 Å². The molecule has 0 amide bonds. The molecule has 0 nitrogen and oxygen atoms in total. The molecule has 3 atom stereocenters. The van der Waals surface area contributed by atoms with Gasteiger partial charge in [-0.05, 0) is 0 Å². The van der Waals surface area contributed by atoms with Crippen molar-refractivity contribution in [3.8, 4) is 0 Å². The van der Waals surface area contributed by atoms with E-state index in [2.05, 4.69) is 71.7 Å². The van der Waals surface area contributed by atoms with Crippen molar-refractivity contribution in [2.45, 2.75) is 33.0 Å². The van der Waals surface area contributed by atoms with Crippen LogP contribution >= 0.6 is 71.7 Å². The third-order valence-electron chi connectivity index (χ3n) is 2.65. The first-order valence-corrected chi connectivity index (χ1v) is 23.4. The molecule has 3 rings (SSSR count). The topological polar surface area (TPSA) is 0 Å². The molecule has 0 aromatic rings. The van der Waals surface area contributed by atoms with Crippen molar-refractivity contribution in [3.63, 3.8) is 0 Å². The van der Waals surface area contributed by atoms with Crippen LogP contribution in [0.4, 0.5) is 0 Å². The van der Waals surface area contributed by atoms with Crippen molar-refractivity contribution in [2.75, 3.05) is 17.3 Å². The Labute approximate surface area is 136 Å². The van der Waals surface area contributed by atoms with Gasteiger partial charge in [0.15, 0.2) is 0 Å². The summed E-state index contributed by atoms with van der Waals surface area (Å²) in [5.41, 5.74) is 0. The average Bonchev–Trinajstić information content (AvgIpc) is 2.13. The van der Waals surface area contributed by atoms with E-state index in [1.807, 2.05) is 0 Å². The van der Waals surface area contributed by atoms with Gasteiger partial charge in [0.05, 0.1) is 0 Å². The second kappa shape index (κ2) is 8.05. The Bertz CT molecular complexity index is 225. The van der Waals surface area contributed by atoms with Crippen LogP contribution in [-0.4, -0.2) is 47.0 Å². The maximum atomic E-state index is 2.43. The van der Waals surface area contributed by atoms with Crippen LogP contribution < -0.4 is 0 Å². The first kappa shape index (κ1) is 15.2. The molecule has 0 aliphatic carbocycles. The minimum atomic E-state index is -1.26. The van der Waals surface area contributed by atoms with E-state index in [4.69, 9.17) is 0 Å². The zero-order valence-corrected chi connectivity index (χ0v) is 17.9. The summed E-state index contributed by atoms with van der Waals surface area (Å²) in [6, 6.07) is 0. The van der Waals surface area contributed by atoms with E-state index in [9.17, 15) is 0 Å². The Kier molecular flexibility index (Phi) is 7.18. The summed E-state index contributed by atoms with van der Waals surface area (Å²) in [6.07, 6.45) is 4.44. The van der Waals surface area contributed by atoms with Crippen molar-refractivity contribution in [2.24, 2.45) is 0 Å². The molecule has 99 valence electrons. The number of thioether (sulfide) groups is 3. The van der Waals surface area contributed by atoms with Crippen LogP contribution in [0.1, 0.15) is 19.3 Å². The third-order valence-corrected chi connectivity index (χ3v) is 44.8. The molecule has 3 aliphatic heterocycles. The van der Waals surface area contributed by atoms with Gasteiger partial charge in [-0.15, -0.1) is 0 Å². The van der Waals surface area contributed by atoms with Crippen LogP contribution in [0.15, 0.2) is 0 Å². The molecular formula is C9H16S7Sb. The van der Waals surface area contributed by atoms with Crippen molar-refractivity contribution in [3.05, 3.63) is 0 Å². The van der Waals surface area contributed by atoms with Gasteiger partial charge in [-0.2, -0.15) is 0 Å². The summed E-state index contributed by atoms with van der Waals surface area (Å²) >= 11 is 5.32. The quantitative estimate of drug-likeness (QED) is 0.377. The van der Waals surface area contributed by atoms with Gasteiger partial charge in [-0.3, -0.25) is 0 Å². The van der Waals surface area contributed by atoms with Crippen LogP contribution in [0, 0.1) is 0 Å². The zero-order valence-electron chi connectivity index (χ0n) is 9.33. The molecule has 3 saturated heterocycles. The van der Waals surface area contributed by atoms with Crippen molar-refractivity contribution < 1.29 is 0 Å². The van der Waals surface area contributed by atoms with Crippen molar-refractivity contribution >= 4 is 87.7 Å². The molecule has 0 saturated carbocycles. The Morgan fingerprint density at radius 1 is 0.765 bits per heavy atom. The maximum absolute atomic E-state index is 2.43. The first-order chi connectivity index (χ1) is 8.40. The first-order valence-electron chi connectivity index (χ1n) is 5.78. The van der Waals surface area contributed by atoms with Crippen LogP contribution in [0.3, 0.4) is 0 Å². The van der Waals surface area contributed by atoms with Crippen LogP contribution in [0.25, 0.3) is 0 Å². The normalized spacial score (nSPS) is 37.8. The zero-order chi connectivity index (χ0) is 11.5. The average molecular weight is 470 g/mol. The van der Waals surface area contributed by atoms with Crippen LogP contribution in [0.2, 0.25) is 0 Å². The summed E-state index contributed by atoms with van der Waals surface area (Å²) in [7, 11) is 9.44. The summed E-state index contributed by atoms with van der Waals surface area (Å²) < 4.78 is 2.92. The minimum absolute atomic E-state index is 0.944. The summed E-state index contributed by atoms with van der Waals surface area (Å²) in [4.78, 5) is 0. The monoisotopic (exact) mass is 469 g/mol. The fraction of sp³-hybridized carbons (Fsp3) is 1.00. The summed E-state index contributed by atoms with van der Waals surface area (Å²) in [5, 5.41) is 0.